The molecule has 158 valence electrons. The highest BCUT2D eigenvalue weighted by molar-refractivity contribution is 5.80. The van der Waals surface area contributed by atoms with Crippen molar-refractivity contribution in [2.45, 2.75) is 45.1 Å². The van der Waals surface area contributed by atoms with Crippen LogP contribution in [0.1, 0.15) is 39.2 Å². The van der Waals surface area contributed by atoms with Gasteiger partial charge < -0.3 is 19.6 Å². The number of fused-ring (bicyclic) bond motifs is 3. The van der Waals surface area contributed by atoms with Crippen LogP contribution >= 0.6 is 0 Å². The van der Waals surface area contributed by atoms with E-state index in [4.69, 9.17) is 4.74 Å². The molecule has 1 amide bonds. The first-order chi connectivity index (χ1) is 14.3. The molecule has 0 saturated carbocycles. The molecule has 0 aromatic heterocycles. The van der Waals surface area contributed by atoms with Crippen molar-refractivity contribution in [3.8, 4) is 16.9 Å². The normalized spacial score (nSPS) is 25.2. The number of amides is 1. The quantitative estimate of drug-likeness (QED) is 0.725. The third kappa shape index (κ3) is 2.64. The molecular formula is C25H30N2O3. The Balaban J connectivity index is 1.78. The minimum Gasteiger partial charge on any atom is -0.491 e. The van der Waals surface area contributed by atoms with Gasteiger partial charge in [0.1, 0.15) is 5.75 Å². The highest BCUT2D eigenvalue weighted by Gasteiger charge is 2.60. The summed E-state index contributed by atoms with van der Waals surface area (Å²) in [7, 11) is 0. The van der Waals surface area contributed by atoms with Gasteiger partial charge in [0, 0.05) is 31.1 Å². The zero-order valence-corrected chi connectivity index (χ0v) is 18.0. The molecule has 3 aliphatic heterocycles. The van der Waals surface area contributed by atoms with E-state index in [1.54, 1.807) is 4.90 Å². The fraction of sp³-hybridized carbons (Fsp3) is 0.480. The predicted octanol–water partition coefficient (Wildman–Crippen LogP) is 4.99. The van der Waals surface area contributed by atoms with E-state index in [1.807, 2.05) is 6.07 Å². The number of benzene rings is 2. The molecule has 2 aromatic carbocycles. The van der Waals surface area contributed by atoms with Crippen molar-refractivity contribution in [3.05, 3.63) is 48.0 Å². The van der Waals surface area contributed by atoms with E-state index in [0.717, 1.165) is 42.9 Å². The van der Waals surface area contributed by atoms with Crippen LogP contribution in [0.25, 0.3) is 11.1 Å². The molecule has 1 fully saturated rings. The molecule has 30 heavy (non-hydrogen) atoms. The third-order valence-corrected chi connectivity index (χ3v) is 7.42. The molecule has 0 bridgehead atoms. The predicted molar refractivity (Wildman–Crippen MR) is 118 cm³/mol. The first-order valence-electron chi connectivity index (χ1n) is 10.9. The summed E-state index contributed by atoms with van der Waals surface area (Å²) in [4.78, 5) is 16.1. The lowest BCUT2D eigenvalue weighted by Crippen LogP contribution is -2.63. The maximum absolute atomic E-state index is 12.0. The monoisotopic (exact) mass is 406 g/mol. The minimum atomic E-state index is -0.820. The number of piperidine rings is 1. The fourth-order valence-electron chi connectivity index (χ4n) is 5.99. The molecule has 5 nitrogen and oxygen atoms in total. The Morgan fingerprint density at radius 1 is 1.13 bits per heavy atom. The van der Waals surface area contributed by atoms with Crippen LogP contribution in [0.4, 0.5) is 10.5 Å². The van der Waals surface area contributed by atoms with Crippen LogP contribution < -0.4 is 9.64 Å². The molecule has 3 heterocycles. The topological polar surface area (TPSA) is 53.0 Å². The van der Waals surface area contributed by atoms with Gasteiger partial charge in [-0.1, -0.05) is 51.1 Å². The largest absolute Gasteiger partial charge is 0.491 e. The van der Waals surface area contributed by atoms with E-state index in [9.17, 15) is 9.90 Å². The van der Waals surface area contributed by atoms with Gasteiger partial charge in [0.25, 0.3) is 0 Å². The fourth-order valence-corrected chi connectivity index (χ4v) is 5.99. The summed E-state index contributed by atoms with van der Waals surface area (Å²) in [6.45, 7) is 9.58. The number of rotatable bonds is 1. The number of ether oxygens (including phenoxy) is 1. The van der Waals surface area contributed by atoms with E-state index in [1.165, 1.54) is 11.3 Å². The van der Waals surface area contributed by atoms with Crippen molar-refractivity contribution in [1.29, 1.82) is 0 Å². The molecule has 0 unspecified atom stereocenters. The van der Waals surface area contributed by atoms with Gasteiger partial charge in [-0.05, 0) is 47.1 Å². The van der Waals surface area contributed by atoms with Crippen molar-refractivity contribution in [2.75, 3.05) is 31.1 Å². The minimum absolute atomic E-state index is 0.110. The van der Waals surface area contributed by atoms with E-state index in [2.05, 4.69) is 62.1 Å². The van der Waals surface area contributed by atoms with Gasteiger partial charge in [0.2, 0.25) is 0 Å². The van der Waals surface area contributed by atoms with Crippen LogP contribution in [0.3, 0.4) is 0 Å². The van der Waals surface area contributed by atoms with Gasteiger partial charge in [0.15, 0.2) is 0 Å². The summed E-state index contributed by atoms with van der Waals surface area (Å²) < 4.78 is 6.27. The van der Waals surface area contributed by atoms with Crippen LogP contribution in [0.5, 0.6) is 5.75 Å². The molecule has 2 atom stereocenters. The summed E-state index contributed by atoms with van der Waals surface area (Å²) in [5.74, 6) is 0.948. The molecule has 2 aromatic rings. The van der Waals surface area contributed by atoms with Crippen molar-refractivity contribution in [2.24, 2.45) is 5.41 Å². The number of likely N-dealkylation sites (tertiary alicyclic amines) is 1. The lowest BCUT2D eigenvalue weighted by atomic mass is 9.57. The van der Waals surface area contributed by atoms with Gasteiger partial charge in [-0.15, -0.1) is 0 Å². The second-order valence-corrected chi connectivity index (χ2v) is 9.86. The number of nitrogens with zero attached hydrogens (tertiary/aromatic N) is 2. The second kappa shape index (κ2) is 6.66. The van der Waals surface area contributed by atoms with Crippen LogP contribution in [-0.2, 0) is 5.41 Å². The third-order valence-electron chi connectivity index (χ3n) is 7.42. The summed E-state index contributed by atoms with van der Waals surface area (Å²) in [5.41, 5.74) is 4.36. The SMILES string of the molecule is CC(C)(C)[C@@]12CN(C(=O)O)CC[C@@H]1N1CCCOc3cc(-c4ccccc4)cc2c31. The molecule has 5 rings (SSSR count). The molecular weight excluding hydrogens is 376 g/mol. The summed E-state index contributed by atoms with van der Waals surface area (Å²) in [6.07, 6.45) is 1.01. The molecule has 1 saturated heterocycles. The smallest absolute Gasteiger partial charge is 0.407 e. The highest BCUT2D eigenvalue weighted by atomic mass is 16.5. The Kier molecular flexibility index (Phi) is 4.28. The van der Waals surface area contributed by atoms with Crippen LogP contribution in [0.2, 0.25) is 0 Å². The van der Waals surface area contributed by atoms with E-state index >= 15 is 0 Å². The summed E-state index contributed by atoms with van der Waals surface area (Å²) in [6, 6.07) is 15.2. The highest BCUT2D eigenvalue weighted by Crippen LogP contribution is 2.60. The zero-order valence-electron chi connectivity index (χ0n) is 18.0. The first kappa shape index (κ1) is 19.3. The van der Waals surface area contributed by atoms with Crippen LogP contribution in [0, 0.1) is 5.41 Å². The molecule has 3 aliphatic rings. The van der Waals surface area contributed by atoms with Crippen LogP contribution in [-0.4, -0.2) is 48.4 Å². The van der Waals surface area contributed by atoms with Crippen molar-refractivity contribution < 1.29 is 14.6 Å². The summed E-state index contributed by atoms with van der Waals surface area (Å²) in [5, 5.41) is 9.84. The lowest BCUT2D eigenvalue weighted by molar-refractivity contribution is 0.0490. The van der Waals surface area contributed by atoms with Gasteiger partial charge in [-0.3, -0.25) is 0 Å². The molecule has 0 radical (unpaired) electrons. The first-order valence-corrected chi connectivity index (χ1v) is 10.9. The summed E-state index contributed by atoms with van der Waals surface area (Å²) >= 11 is 0. The standard InChI is InChI=1S/C25H30N2O3/c1-24(2,3)25-16-26(23(28)29)12-10-21(25)27-11-7-13-30-20-15-18(14-19(25)22(20)27)17-8-5-4-6-9-17/h4-6,8-9,14-15,21H,7,10-13,16H2,1-3H3,(H,28,29)/t21-,25+/m0/s1. The maximum Gasteiger partial charge on any atom is 0.407 e. The van der Waals surface area contributed by atoms with Gasteiger partial charge in [0.05, 0.1) is 12.3 Å². The Morgan fingerprint density at radius 3 is 2.60 bits per heavy atom. The molecule has 1 N–H and O–H groups in total. The van der Waals surface area contributed by atoms with E-state index < -0.39 is 6.09 Å². The average molecular weight is 407 g/mol. The number of hydrogen-bond acceptors (Lipinski definition) is 3. The number of hydrogen-bond donors (Lipinski definition) is 1. The molecule has 0 aliphatic carbocycles. The van der Waals surface area contributed by atoms with Crippen LogP contribution in [0.15, 0.2) is 42.5 Å². The Labute approximate surface area is 178 Å². The number of carboxylic acid groups (broad SMARTS) is 1. The van der Waals surface area contributed by atoms with Crippen molar-refractivity contribution in [1.82, 2.24) is 4.90 Å². The van der Waals surface area contributed by atoms with Gasteiger partial charge >= 0.3 is 6.09 Å². The lowest BCUT2D eigenvalue weighted by Gasteiger charge is -2.53. The number of anilines is 1. The van der Waals surface area contributed by atoms with Gasteiger partial charge in [-0.25, -0.2) is 4.79 Å². The van der Waals surface area contributed by atoms with E-state index in [-0.39, 0.29) is 16.9 Å². The van der Waals surface area contributed by atoms with Crippen molar-refractivity contribution in [3.63, 3.8) is 0 Å². The Hall–Kier alpha value is -2.69. The maximum atomic E-state index is 12.0. The van der Waals surface area contributed by atoms with Gasteiger partial charge in [-0.2, -0.15) is 0 Å². The molecule has 5 heteroatoms. The second-order valence-electron chi connectivity index (χ2n) is 9.86. The molecule has 0 spiro atoms. The Bertz CT molecular complexity index is 982. The van der Waals surface area contributed by atoms with E-state index in [0.29, 0.717) is 13.1 Å². The van der Waals surface area contributed by atoms with Crippen molar-refractivity contribution >= 4 is 11.8 Å². The Morgan fingerprint density at radius 2 is 1.90 bits per heavy atom. The average Bonchev–Trinajstić information content (AvgIpc) is 2.86. The zero-order chi connectivity index (χ0) is 21.1. The number of carbonyl (C=O) groups is 1.